The molecule has 0 saturated heterocycles. The Kier molecular flexibility index (Phi) is 6.79. The lowest BCUT2D eigenvalue weighted by atomic mass is 10.0. The molecule has 0 atom stereocenters. The molecule has 0 spiro atoms. The lowest BCUT2D eigenvalue weighted by Gasteiger charge is -2.11. The summed E-state index contributed by atoms with van der Waals surface area (Å²) in [6.07, 6.45) is -0.562. The molecule has 2 aromatic carbocycles. The Morgan fingerprint density at radius 2 is 1.91 bits per heavy atom. The maximum Gasteiger partial charge on any atom is 0.422 e. The van der Waals surface area contributed by atoms with Crippen LogP contribution >= 0.6 is 11.6 Å². The van der Waals surface area contributed by atoms with Crippen LogP contribution in [0, 0.1) is 0 Å². The Labute approximate surface area is 198 Å². The van der Waals surface area contributed by atoms with Crippen molar-refractivity contribution < 1.29 is 27.4 Å². The first-order valence-electron chi connectivity index (χ1n) is 10.3. The van der Waals surface area contributed by atoms with E-state index in [-0.39, 0.29) is 5.75 Å². The molecule has 0 N–H and O–H groups in total. The standard InChI is InChI=1S/C25H20ClF3N2O3/c1-33-24(32)21-12-19(26)13-30-22(21)11-16-5-6-23-18(9-16)7-8-31(23)14-17-3-2-4-20(10-17)34-15-25(27,28)29/h2-10,12-13H,11,14-15H2,1H3. The minimum absolute atomic E-state index is 0.172. The van der Waals surface area contributed by atoms with Gasteiger partial charge in [-0.1, -0.05) is 29.8 Å². The average Bonchev–Trinajstić information content (AvgIpc) is 3.20. The summed E-state index contributed by atoms with van der Waals surface area (Å²) in [5.74, 6) is -0.330. The fraction of sp³-hybridized carbons (Fsp3) is 0.200. The van der Waals surface area contributed by atoms with Crippen LogP contribution in [0.3, 0.4) is 0 Å². The predicted molar refractivity (Wildman–Crippen MR) is 122 cm³/mol. The van der Waals surface area contributed by atoms with Crippen LogP contribution in [0.25, 0.3) is 10.9 Å². The van der Waals surface area contributed by atoms with Gasteiger partial charge < -0.3 is 14.0 Å². The largest absolute Gasteiger partial charge is 0.484 e. The summed E-state index contributed by atoms with van der Waals surface area (Å²) in [5, 5.41) is 1.33. The van der Waals surface area contributed by atoms with E-state index in [1.807, 2.05) is 41.1 Å². The minimum atomic E-state index is -4.39. The second-order valence-electron chi connectivity index (χ2n) is 7.70. The van der Waals surface area contributed by atoms with E-state index in [1.54, 1.807) is 12.1 Å². The van der Waals surface area contributed by atoms with Gasteiger partial charge in [0.15, 0.2) is 6.61 Å². The number of carbonyl (C=O) groups is 1. The number of hydrogen-bond donors (Lipinski definition) is 0. The first kappa shape index (κ1) is 23.6. The third-order valence-corrected chi connectivity index (χ3v) is 5.41. The van der Waals surface area contributed by atoms with E-state index in [9.17, 15) is 18.0 Å². The molecule has 0 radical (unpaired) electrons. The maximum atomic E-state index is 12.4. The summed E-state index contributed by atoms with van der Waals surface area (Å²) < 4.78 is 49.0. The zero-order valence-electron chi connectivity index (χ0n) is 18.1. The van der Waals surface area contributed by atoms with Crippen molar-refractivity contribution in [2.75, 3.05) is 13.7 Å². The van der Waals surface area contributed by atoms with Crippen molar-refractivity contribution >= 4 is 28.5 Å². The zero-order valence-corrected chi connectivity index (χ0v) is 18.9. The van der Waals surface area contributed by atoms with Crippen molar-refractivity contribution in [1.82, 2.24) is 9.55 Å². The number of alkyl halides is 3. The molecule has 0 aliphatic rings. The van der Waals surface area contributed by atoms with E-state index in [4.69, 9.17) is 21.1 Å². The van der Waals surface area contributed by atoms with Crippen LogP contribution in [0.4, 0.5) is 13.2 Å². The first-order valence-corrected chi connectivity index (χ1v) is 10.7. The number of rotatable bonds is 7. The number of aromatic nitrogens is 2. The number of nitrogens with zero attached hydrogens (tertiary/aromatic N) is 2. The average molecular weight is 489 g/mol. The van der Waals surface area contributed by atoms with Crippen LogP contribution < -0.4 is 4.74 Å². The molecule has 0 fully saturated rings. The predicted octanol–water partition coefficient (Wildman–Crippen LogP) is 6.06. The van der Waals surface area contributed by atoms with Crippen molar-refractivity contribution in [3.05, 3.63) is 94.4 Å². The molecule has 0 saturated carbocycles. The number of ether oxygens (including phenoxy) is 2. The molecule has 0 aliphatic carbocycles. The van der Waals surface area contributed by atoms with Gasteiger partial charge in [-0.05, 0) is 52.9 Å². The molecule has 9 heteroatoms. The number of halogens is 4. The van der Waals surface area contributed by atoms with Gasteiger partial charge in [0.1, 0.15) is 5.75 Å². The number of fused-ring (bicyclic) bond motifs is 1. The van der Waals surface area contributed by atoms with Crippen LogP contribution in [-0.2, 0) is 17.7 Å². The summed E-state index contributed by atoms with van der Waals surface area (Å²) >= 11 is 5.98. The molecular formula is C25H20ClF3N2O3. The molecule has 0 unspecified atom stereocenters. The van der Waals surface area contributed by atoms with Gasteiger partial charge in [-0.25, -0.2) is 4.79 Å². The van der Waals surface area contributed by atoms with Gasteiger partial charge in [0, 0.05) is 30.9 Å². The maximum absolute atomic E-state index is 12.4. The van der Waals surface area contributed by atoms with E-state index in [2.05, 4.69) is 4.98 Å². The van der Waals surface area contributed by atoms with Crippen LogP contribution in [-0.4, -0.2) is 35.4 Å². The van der Waals surface area contributed by atoms with E-state index in [1.165, 1.54) is 25.4 Å². The molecule has 34 heavy (non-hydrogen) atoms. The number of carbonyl (C=O) groups excluding carboxylic acids is 1. The normalized spacial score (nSPS) is 11.6. The highest BCUT2D eigenvalue weighted by Crippen LogP contribution is 2.24. The highest BCUT2D eigenvalue weighted by molar-refractivity contribution is 6.30. The van der Waals surface area contributed by atoms with Gasteiger partial charge in [0.25, 0.3) is 0 Å². The molecule has 0 bridgehead atoms. The summed E-state index contributed by atoms with van der Waals surface area (Å²) in [6, 6.07) is 16.0. The topological polar surface area (TPSA) is 53.3 Å². The number of benzene rings is 2. The Morgan fingerprint density at radius 1 is 1.09 bits per heavy atom. The van der Waals surface area contributed by atoms with Gasteiger partial charge in [0.2, 0.25) is 0 Å². The van der Waals surface area contributed by atoms with Crippen molar-refractivity contribution in [3.8, 4) is 5.75 Å². The molecule has 0 aliphatic heterocycles. The SMILES string of the molecule is COC(=O)c1cc(Cl)cnc1Cc1ccc2c(ccn2Cc2cccc(OCC(F)(F)F)c2)c1. The van der Waals surface area contributed by atoms with E-state index in [0.29, 0.717) is 29.2 Å². The third kappa shape index (κ3) is 5.69. The van der Waals surface area contributed by atoms with Crippen molar-refractivity contribution in [2.24, 2.45) is 0 Å². The molecule has 4 aromatic rings. The monoisotopic (exact) mass is 488 g/mol. The number of esters is 1. The smallest absolute Gasteiger partial charge is 0.422 e. The van der Waals surface area contributed by atoms with Crippen molar-refractivity contribution in [1.29, 1.82) is 0 Å². The highest BCUT2D eigenvalue weighted by atomic mass is 35.5. The molecule has 5 nitrogen and oxygen atoms in total. The zero-order chi connectivity index (χ0) is 24.3. The highest BCUT2D eigenvalue weighted by Gasteiger charge is 2.28. The van der Waals surface area contributed by atoms with E-state index < -0.39 is 18.8 Å². The van der Waals surface area contributed by atoms with Gasteiger partial charge in [-0.2, -0.15) is 13.2 Å². The third-order valence-electron chi connectivity index (χ3n) is 5.20. The Bertz CT molecular complexity index is 1330. The number of pyridine rings is 1. The van der Waals surface area contributed by atoms with Crippen LogP contribution in [0.2, 0.25) is 5.02 Å². The summed E-state index contributed by atoms with van der Waals surface area (Å²) in [4.78, 5) is 16.4. The molecule has 176 valence electrons. The van der Waals surface area contributed by atoms with Crippen molar-refractivity contribution in [2.45, 2.75) is 19.1 Å². The van der Waals surface area contributed by atoms with E-state index >= 15 is 0 Å². The Morgan fingerprint density at radius 3 is 2.68 bits per heavy atom. The minimum Gasteiger partial charge on any atom is -0.484 e. The molecule has 2 heterocycles. The number of methoxy groups -OCH3 is 1. The van der Waals surface area contributed by atoms with Gasteiger partial charge in [0.05, 0.1) is 23.4 Å². The Hall–Kier alpha value is -3.52. The summed E-state index contributed by atoms with van der Waals surface area (Å²) in [6.45, 7) is -0.858. The van der Waals surface area contributed by atoms with Crippen LogP contribution in [0.1, 0.15) is 27.2 Å². The lowest BCUT2D eigenvalue weighted by Crippen LogP contribution is -2.19. The summed E-state index contributed by atoms with van der Waals surface area (Å²) in [7, 11) is 1.31. The number of hydrogen-bond acceptors (Lipinski definition) is 4. The molecule has 4 rings (SSSR count). The second kappa shape index (κ2) is 9.77. The molecule has 0 amide bonds. The second-order valence-corrected chi connectivity index (χ2v) is 8.14. The van der Waals surface area contributed by atoms with Crippen LogP contribution in [0.15, 0.2) is 67.0 Å². The van der Waals surface area contributed by atoms with Crippen molar-refractivity contribution in [3.63, 3.8) is 0 Å². The summed E-state index contributed by atoms with van der Waals surface area (Å²) in [5.41, 5.74) is 3.61. The quantitative estimate of drug-likeness (QED) is 0.297. The van der Waals surface area contributed by atoms with Gasteiger partial charge in [-0.3, -0.25) is 4.98 Å². The Balaban J connectivity index is 1.53. The van der Waals surface area contributed by atoms with Gasteiger partial charge in [-0.15, -0.1) is 0 Å². The fourth-order valence-electron chi connectivity index (χ4n) is 3.68. The fourth-order valence-corrected chi connectivity index (χ4v) is 3.84. The molecule has 2 aromatic heterocycles. The lowest BCUT2D eigenvalue weighted by molar-refractivity contribution is -0.153. The van der Waals surface area contributed by atoms with Crippen LogP contribution in [0.5, 0.6) is 5.75 Å². The first-order chi connectivity index (χ1) is 16.2. The van der Waals surface area contributed by atoms with E-state index in [0.717, 1.165) is 22.0 Å². The van der Waals surface area contributed by atoms with Gasteiger partial charge >= 0.3 is 12.1 Å². The molecular weight excluding hydrogens is 469 g/mol.